The number of benzene rings is 2. The number of nitrogens with zero attached hydrogens (tertiary/aromatic N) is 1. The molecule has 1 aromatic heterocycles. The summed E-state index contributed by atoms with van der Waals surface area (Å²) < 4.78 is 33.0. The highest BCUT2D eigenvalue weighted by atomic mass is 19.1. The van der Waals surface area contributed by atoms with Crippen LogP contribution >= 0.6 is 0 Å². The van der Waals surface area contributed by atoms with Crippen molar-refractivity contribution in [3.8, 4) is 0 Å². The topological polar surface area (TPSA) is 132 Å². The molecule has 0 spiro atoms. The molecular formula is C23H22F2N4O4. The highest BCUT2D eigenvalue weighted by Crippen LogP contribution is 2.33. The molecule has 1 aliphatic rings. The van der Waals surface area contributed by atoms with Crippen molar-refractivity contribution < 1.29 is 27.6 Å². The second kappa shape index (κ2) is 8.99. The number of primary amides is 2. The van der Waals surface area contributed by atoms with Crippen molar-refractivity contribution in [1.29, 1.82) is 0 Å². The summed E-state index contributed by atoms with van der Waals surface area (Å²) in [7, 11) is 0. The minimum atomic E-state index is -1.03. The van der Waals surface area contributed by atoms with E-state index in [0.717, 1.165) is 11.6 Å². The first-order chi connectivity index (χ1) is 15.7. The van der Waals surface area contributed by atoms with Crippen LogP contribution in [0.1, 0.15) is 39.3 Å². The predicted molar refractivity (Wildman–Crippen MR) is 116 cm³/mol. The SMILES string of the molecule is NC(=O)c1oc2c(F)cc(F)cc2c1NC(=O)c1cccc(CN2CCC(C(N)=O)CC2)c1. The lowest BCUT2D eigenvalue weighted by Gasteiger charge is -2.30. The van der Waals surface area contributed by atoms with E-state index in [1.165, 1.54) is 0 Å². The van der Waals surface area contributed by atoms with Gasteiger partial charge in [-0.1, -0.05) is 12.1 Å². The normalized spacial score (nSPS) is 15.0. The van der Waals surface area contributed by atoms with Crippen LogP contribution in [0.25, 0.3) is 11.0 Å². The zero-order valence-corrected chi connectivity index (χ0v) is 17.6. The van der Waals surface area contributed by atoms with Gasteiger partial charge in [-0.15, -0.1) is 0 Å². The first kappa shape index (κ1) is 22.4. The lowest BCUT2D eigenvalue weighted by molar-refractivity contribution is -0.123. The first-order valence-corrected chi connectivity index (χ1v) is 10.4. The van der Waals surface area contributed by atoms with E-state index in [0.29, 0.717) is 38.5 Å². The molecule has 3 aromatic rings. The quantitative estimate of drug-likeness (QED) is 0.525. The number of rotatable bonds is 6. The molecule has 1 aliphatic heterocycles. The maximum Gasteiger partial charge on any atom is 0.286 e. The monoisotopic (exact) mass is 456 g/mol. The highest BCUT2D eigenvalue weighted by Gasteiger charge is 2.25. The van der Waals surface area contributed by atoms with Crippen molar-refractivity contribution in [2.24, 2.45) is 17.4 Å². The van der Waals surface area contributed by atoms with Gasteiger partial charge >= 0.3 is 0 Å². The molecule has 4 rings (SSSR count). The van der Waals surface area contributed by atoms with Gasteiger partial charge in [-0.2, -0.15) is 0 Å². The molecule has 0 radical (unpaired) electrons. The van der Waals surface area contributed by atoms with Gasteiger partial charge in [0.25, 0.3) is 11.8 Å². The van der Waals surface area contributed by atoms with E-state index >= 15 is 0 Å². The van der Waals surface area contributed by atoms with Crippen LogP contribution in [0.15, 0.2) is 40.8 Å². The van der Waals surface area contributed by atoms with Gasteiger partial charge < -0.3 is 21.2 Å². The second-order valence-corrected chi connectivity index (χ2v) is 8.04. The molecule has 0 saturated carbocycles. The number of halogens is 2. The first-order valence-electron chi connectivity index (χ1n) is 10.4. The van der Waals surface area contributed by atoms with Gasteiger partial charge in [0.15, 0.2) is 11.4 Å². The van der Waals surface area contributed by atoms with Gasteiger partial charge in [0.1, 0.15) is 11.5 Å². The average Bonchev–Trinajstić information content (AvgIpc) is 3.13. The summed E-state index contributed by atoms with van der Waals surface area (Å²) in [4.78, 5) is 38.2. The molecule has 0 unspecified atom stereocenters. The number of anilines is 1. The molecule has 33 heavy (non-hydrogen) atoms. The number of furan rings is 1. The standard InChI is InChI=1S/C23H22F2N4O4/c24-15-9-16-18(20(22(27)31)33-19(16)17(25)10-15)28-23(32)14-3-1-2-12(8-14)11-29-6-4-13(5-7-29)21(26)30/h1-3,8-10,13H,4-7,11H2,(H2,26,30)(H2,27,31)(H,28,32). The Morgan fingerprint density at radius 3 is 2.48 bits per heavy atom. The van der Waals surface area contributed by atoms with Gasteiger partial charge in [0, 0.05) is 24.1 Å². The van der Waals surface area contributed by atoms with Crippen molar-refractivity contribution in [3.05, 3.63) is 64.9 Å². The molecule has 2 heterocycles. The molecule has 2 aromatic carbocycles. The predicted octanol–water partition coefficient (Wildman–Crippen LogP) is 2.76. The Morgan fingerprint density at radius 2 is 1.82 bits per heavy atom. The van der Waals surface area contributed by atoms with Crippen LogP contribution in [0.3, 0.4) is 0 Å². The number of hydrogen-bond donors (Lipinski definition) is 3. The van der Waals surface area contributed by atoms with Gasteiger partial charge in [-0.3, -0.25) is 19.3 Å². The van der Waals surface area contributed by atoms with Crippen LogP contribution in [0.4, 0.5) is 14.5 Å². The Labute approximate surface area is 187 Å². The third-order valence-corrected chi connectivity index (χ3v) is 5.76. The molecule has 0 atom stereocenters. The Morgan fingerprint density at radius 1 is 1.09 bits per heavy atom. The number of carbonyl (C=O) groups excluding carboxylic acids is 3. The van der Waals surface area contributed by atoms with E-state index in [4.69, 9.17) is 15.9 Å². The van der Waals surface area contributed by atoms with E-state index in [2.05, 4.69) is 10.2 Å². The minimum absolute atomic E-state index is 0.108. The van der Waals surface area contributed by atoms with Gasteiger partial charge in [-0.25, -0.2) is 8.78 Å². The number of nitrogens with one attached hydrogen (secondary N) is 1. The highest BCUT2D eigenvalue weighted by molar-refractivity contribution is 6.14. The summed E-state index contributed by atoms with van der Waals surface area (Å²) in [6.45, 7) is 2.00. The number of amides is 3. The fourth-order valence-corrected chi connectivity index (χ4v) is 4.05. The maximum atomic E-state index is 14.1. The molecule has 0 bridgehead atoms. The molecule has 172 valence electrons. The van der Waals surface area contributed by atoms with E-state index in [1.807, 2.05) is 6.07 Å². The largest absolute Gasteiger partial charge is 0.446 e. The van der Waals surface area contributed by atoms with Crippen LogP contribution in [0.5, 0.6) is 0 Å². The van der Waals surface area contributed by atoms with Crippen LogP contribution in [-0.2, 0) is 11.3 Å². The van der Waals surface area contributed by atoms with Gasteiger partial charge in [0.2, 0.25) is 11.7 Å². The molecule has 8 nitrogen and oxygen atoms in total. The van der Waals surface area contributed by atoms with Gasteiger partial charge in [-0.05, 0) is 49.7 Å². The number of carbonyl (C=O) groups is 3. The fourth-order valence-electron chi connectivity index (χ4n) is 4.05. The number of fused-ring (bicyclic) bond motifs is 1. The third kappa shape index (κ3) is 4.70. The van der Waals surface area contributed by atoms with Crippen LogP contribution in [0.2, 0.25) is 0 Å². The molecular weight excluding hydrogens is 434 g/mol. The van der Waals surface area contributed by atoms with E-state index in [1.54, 1.807) is 18.2 Å². The van der Waals surface area contributed by atoms with Crippen molar-refractivity contribution >= 4 is 34.4 Å². The average molecular weight is 456 g/mol. The summed E-state index contributed by atoms with van der Waals surface area (Å²) in [5, 5.41) is 2.39. The van der Waals surface area contributed by atoms with Crippen LogP contribution in [-0.4, -0.2) is 35.7 Å². The lowest BCUT2D eigenvalue weighted by Crippen LogP contribution is -2.38. The molecule has 3 amide bonds. The zero-order chi connectivity index (χ0) is 23.7. The second-order valence-electron chi connectivity index (χ2n) is 8.04. The lowest BCUT2D eigenvalue weighted by atomic mass is 9.96. The Kier molecular flexibility index (Phi) is 6.10. The summed E-state index contributed by atoms with van der Waals surface area (Å²) in [5.41, 5.74) is 11.2. The zero-order valence-electron chi connectivity index (χ0n) is 17.6. The van der Waals surface area contributed by atoms with Crippen molar-refractivity contribution in [3.63, 3.8) is 0 Å². The van der Waals surface area contributed by atoms with Crippen LogP contribution < -0.4 is 16.8 Å². The van der Waals surface area contributed by atoms with Crippen molar-refractivity contribution in [2.75, 3.05) is 18.4 Å². The number of likely N-dealkylation sites (tertiary alicyclic amines) is 1. The molecule has 10 heteroatoms. The van der Waals surface area contributed by atoms with Gasteiger partial charge in [0.05, 0.1) is 5.39 Å². The van der Waals surface area contributed by atoms with Crippen LogP contribution in [0, 0.1) is 17.6 Å². The fraction of sp³-hybridized carbons (Fsp3) is 0.261. The number of piperidine rings is 1. The maximum absolute atomic E-state index is 14.1. The van der Waals surface area contributed by atoms with E-state index < -0.39 is 29.2 Å². The molecule has 1 fully saturated rings. The molecule has 1 saturated heterocycles. The molecule has 5 N–H and O–H groups in total. The number of hydrogen-bond acceptors (Lipinski definition) is 5. The van der Waals surface area contributed by atoms with E-state index in [-0.39, 0.29) is 34.0 Å². The summed E-state index contributed by atoms with van der Waals surface area (Å²) in [5.74, 6) is -4.41. The minimum Gasteiger partial charge on any atom is -0.446 e. The Balaban J connectivity index is 1.54. The van der Waals surface area contributed by atoms with Crippen molar-refractivity contribution in [2.45, 2.75) is 19.4 Å². The smallest absolute Gasteiger partial charge is 0.286 e. The summed E-state index contributed by atoms with van der Waals surface area (Å²) in [6.07, 6.45) is 1.37. The molecule has 0 aliphatic carbocycles. The Bertz CT molecular complexity index is 1250. The summed E-state index contributed by atoms with van der Waals surface area (Å²) >= 11 is 0. The van der Waals surface area contributed by atoms with E-state index in [9.17, 15) is 23.2 Å². The van der Waals surface area contributed by atoms with Crippen molar-refractivity contribution in [1.82, 2.24) is 4.90 Å². The number of nitrogens with two attached hydrogens (primary N) is 2. The third-order valence-electron chi connectivity index (χ3n) is 5.76. The Hall–Kier alpha value is -3.79. The summed E-state index contributed by atoms with van der Waals surface area (Å²) in [6, 6.07) is 8.40.